The van der Waals surface area contributed by atoms with Gasteiger partial charge < -0.3 is 30.8 Å². The zero-order valence-corrected chi connectivity index (χ0v) is 42.3. The van der Waals surface area contributed by atoms with Crippen LogP contribution in [0.15, 0.2) is 131 Å². The van der Waals surface area contributed by atoms with Crippen LogP contribution in [0, 0.1) is 12.7 Å². The van der Waals surface area contributed by atoms with Crippen molar-refractivity contribution in [1.82, 2.24) is 38.4 Å². The van der Waals surface area contributed by atoms with Gasteiger partial charge in [0.05, 0.1) is 43.7 Å². The Kier molecular flexibility index (Phi) is 15.7. The molecule has 21 nitrogen and oxygen atoms in total. The number of pyridine rings is 1. The number of carbonyl (C=O) groups is 2. The number of likely N-dealkylation sites (tertiary alicyclic amines) is 1. The van der Waals surface area contributed by atoms with Crippen molar-refractivity contribution in [3.05, 3.63) is 160 Å². The van der Waals surface area contributed by atoms with Gasteiger partial charge in [0.1, 0.15) is 20.1 Å². The summed E-state index contributed by atoms with van der Waals surface area (Å²) in [5.41, 5.74) is -1.54. The Hall–Kier alpha value is -7.49. The average Bonchev–Trinajstić information content (AvgIpc) is 4.01. The maximum absolute atomic E-state index is 15.1. The Labute approximate surface area is 426 Å². The second-order valence-corrected chi connectivity index (χ2v) is 23.1. The van der Waals surface area contributed by atoms with E-state index in [-0.39, 0.29) is 41.0 Å². The van der Waals surface area contributed by atoms with Crippen molar-refractivity contribution >= 4 is 105 Å². The lowest BCUT2D eigenvalue weighted by atomic mass is 10.1. The summed E-state index contributed by atoms with van der Waals surface area (Å²) in [6, 6.07) is 21.1. The topological polar surface area (TPSA) is 288 Å². The average molecular weight is 1090 g/mol. The van der Waals surface area contributed by atoms with E-state index in [9.17, 15) is 45.6 Å². The fraction of sp³-hybridized carbons (Fsp3) is 0.196. The van der Waals surface area contributed by atoms with Crippen molar-refractivity contribution in [2.24, 2.45) is 0 Å². The van der Waals surface area contributed by atoms with E-state index in [1.54, 1.807) is 55.5 Å². The number of urea groups is 2. The molecule has 7 N–H and O–H groups in total. The summed E-state index contributed by atoms with van der Waals surface area (Å²) in [5.74, 6) is -0.938. The van der Waals surface area contributed by atoms with Crippen LogP contribution in [0.3, 0.4) is 0 Å². The molecule has 5 aromatic heterocycles. The number of nitrogens with zero attached hydrogens (tertiary/aromatic N) is 4. The van der Waals surface area contributed by atoms with Gasteiger partial charge in [0.25, 0.3) is 31.2 Å². The number of halogens is 2. The second-order valence-electron chi connectivity index (χ2n) is 16.2. The van der Waals surface area contributed by atoms with E-state index in [0.29, 0.717) is 21.0 Å². The monoisotopic (exact) mass is 1090 g/mol. The summed E-state index contributed by atoms with van der Waals surface area (Å²) in [6.45, 7) is 5.76. The number of nitrogens with one attached hydrogen (secondary N) is 7. The first-order valence-corrected chi connectivity index (χ1v) is 27.1. The van der Waals surface area contributed by atoms with Gasteiger partial charge in [0.2, 0.25) is 0 Å². The van der Waals surface area contributed by atoms with Crippen molar-refractivity contribution in [2.45, 2.75) is 41.0 Å². The van der Waals surface area contributed by atoms with Crippen molar-refractivity contribution in [2.75, 3.05) is 42.1 Å². The van der Waals surface area contributed by atoms with E-state index in [4.69, 9.17) is 11.6 Å². The Balaban J connectivity index is 0.000000204. The number of H-pyrrole nitrogens is 2. The number of aryl methyl sites for hydroxylation is 1. The number of carbonyl (C=O) groups excluding carboxylic acids is 2. The van der Waals surface area contributed by atoms with Crippen LogP contribution in [0.1, 0.15) is 30.6 Å². The summed E-state index contributed by atoms with van der Waals surface area (Å²) in [4.78, 5) is 87.9. The molecular formula is C46H43ClFN11O10S4. The number of rotatable bonds is 13. The fourth-order valence-electron chi connectivity index (χ4n) is 7.65. The minimum absolute atomic E-state index is 0.0313. The molecule has 0 atom stereocenters. The van der Waals surface area contributed by atoms with E-state index in [1.807, 2.05) is 9.44 Å². The van der Waals surface area contributed by atoms with Crippen LogP contribution in [0.2, 0.25) is 4.34 Å². The smallest absolute Gasteiger partial charge is 0.334 e. The van der Waals surface area contributed by atoms with E-state index in [2.05, 4.69) is 35.8 Å². The number of para-hydroxylation sites is 1. The molecule has 1 aliphatic heterocycles. The zero-order chi connectivity index (χ0) is 52.0. The van der Waals surface area contributed by atoms with Crippen LogP contribution < -0.4 is 47.9 Å². The molecular weight excluding hydrogens is 1050 g/mol. The number of hydrogen-bond donors (Lipinski definition) is 7. The molecule has 27 heteroatoms. The number of sulfonamides is 2. The molecule has 0 unspecified atom stereocenters. The summed E-state index contributed by atoms with van der Waals surface area (Å²) in [5, 5.41) is 8.40. The van der Waals surface area contributed by atoms with E-state index < -0.39 is 60.4 Å². The van der Waals surface area contributed by atoms with Gasteiger partial charge in [-0.15, -0.1) is 22.7 Å². The third kappa shape index (κ3) is 12.4. The van der Waals surface area contributed by atoms with Crippen LogP contribution in [-0.4, -0.2) is 84.1 Å². The first kappa shape index (κ1) is 51.9. The lowest BCUT2D eigenvalue weighted by Crippen LogP contribution is -2.35. The molecule has 6 heterocycles. The number of anilines is 3. The standard InChI is InChI=1S/C28H31FN6O5S2.C18H12ClN5O5S2/c1-18-6-11-25(41-18)42(39,40)33-27(37)31-20-8-10-24(22(29)16-20)35-26(36)21-9-7-19(17-23(21)32-28(35)38)30-12-5-15-34-13-3-2-4-14-34;19-13-6-8-15(30-13)31(28,29)23-17(26)21-10-5-7-14(20-9-10)24-16(25)11-3-1-2-4-12(11)22-18(24)27/h6-11,16-17,30H,2-5,12-15H2,1H3,(H,32,38)(H2,31,33,37);1-9H,(H,22,27)(H2,21,23,26). The zero-order valence-electron chi connectivity index (χ0n) is 38.2. The quantitative estimate of drug-likeness (QED) is 0.0626. The van der Waals surface area contributed by atoms with Crippen molar-refractivity contribution in [3.63, 3.8) is 0 Å². The third-order valence-electron chi connectivity index (χ3n) is 11.1. The molecule has 0 saturated carbocycles. The van der Waals surface area contributed by atoms with Gasteiger partial charge in [0, 0.05) is 22.8 Å². The fourth-order valence-corrected chi connectivity index (χ4v) is 12.2. The van der Waals surface area contributed by atoms with Gasteiger partial charge in [0.15, 0.2) is 0 Å². The molecule has 0 radical (unpaired) electrons. The normalized spacial score (nSPS) is 13.0. The number of aromatic nitrogens is 5. The lowest BCUT2D eigenvalue weighted by molar-refractivity contribution is 0.228. The van der Waals surface area contributed by atoms with Gasteiger partial charge in [-0.05, 0) is 131 Å². The molecule has 1 saturated heterocycles. The first-order chi connectivity index (χ1) is 34.8. The van der Waals surface area contributed by atoms with Gasteiger partial charge >= 0.3 is 23.4 Å². The van der Waals surface area contributed by atoms with Crippen molar-refractivity contribution in [1.29, 1.82) is 0 Å². The Morgan fingerprint density at radius 2 is 1.32 bits per heavy atom. The SMILES string of the molecule is Cc1ccc(S(=O)(=O)NC(=O)Nc2ccc(-n3c(=O)[nH]c4cc(NCCCN5CCCCC5)ccc4c3=O)c(F)c2)s1.O=C(Nc1ccc(-n2c(=O)[nH]c3ccccc3c2=O)nc1)NS(=O)(=O)c1ccc(Cl)s1. The molecule has 380 valence electrons. The highest BCUT2D eigenvalue weighted by atomic mass is 35.5. The van der Waals surface area contributed by atoms with Gasteiger partial charge in [-0.25, -0.2) is 64.0 Å². The highest BCUT2D eigenvalue weighted by Gasteiger charge is 2.22. The van der Waals surface area contributed by atoms with Gasteiger partial charge in [-0.2, -0.15) is 0 Å². The van der Waals surface area contributed by atoms with Crippen molar-refractivity contribution in [3.8, 4) is 11.5 Å². The number of thiophene rings is 2. The Bertz CT molecular complexity index is 3870. The molecule has 0 bridgehead atoms. The summed E-state index contributed by atoms with van der Waals surface area (Å²) in [6.07, 6.45) is 5.93. The number of aromatic amines is 2. The predicted molar refractivity (Wildman–Crippen MR) is 279 cm³/mol. The van der Waals surface area contributed by atoms with Crippen LogP contribution in [-0.2, 0) is 20.0 Å². The summed E-state index contributed by atoms with van der Waals surface area (Å²) >= 11 is 7.52. The number of benzene rings is 3. The number of hydrogen-bond acceptors (Lipinski definition) is 15. The second kappa shape index (κ2) is 22.1. The number of amides is 4. The molecule has 3 aromatic carbocycles. The summed E-state index contributed by atoms with van der Waals surface area (Å²) in [7, 11) is -8.18. The van der Waals surface area contributed by atoms with Crippen LogP contribution in [0.5, 0.6) is 0 Å². The maximum Gasteiger partial charge on any atom is 0.334 e. The minimum atomic E-state index is -4.10. The molecule has 9 rings (SSSR count). The van der Waals surface area contributed by atoms with E-state index in [1.165, 1.54) is 61.9 Å². The van der Waals surface area contributed by atoms with Crippen molar-refractivity contribution < 1.29 is 30.8 Å². The molecule has 1 fully saturated rings. The molecule has 0 spiro atoms. The molecule has 8 aromatic rings. The highest BCUT2D eigenvalue weighted by Crippen LogP contribution is 2.26. The summed E-state index contributed by atoms with van der Waals surface area (Å²) < 4.78 is 69.5. The Morgan fingerprint density at radius 3 is 1.97 bits per heavy atom. The van der Waals surface area contributed by atoms with E-state index in [0.717, 1.165) is 82.5 Å². The van der Waals surface area contributed by atoms with E-state index >= 15 is 4.39 Å². The molecule has 73 heavy (non-hydrogen) atoms. The lowest BCUT2D eigenvalue weighted by Gasteiger charge is -2.26. The van der Waals surface area contributed by atoms with Gasteiger partial charge in [-0.1, -0.05) is 30.2 Å². The van der Waals surface area contributed by atoms with Gasteiger partial charge in [-0.3, -0.25) is 9.59 Å². The molecule has 1 aliphatic rings. The largest absolute Gasteiger partial charge is 0.385 e. The predicted octanol–water partition coefficient (Wildman–Crippen LogP) is 6.29. The number of fused-ring (bicyclic) bond motifs is 2. The van der Waals surface area contributed by atoms with Crippen LogP contribution >= 0.6 is 34.3 Å². The molecule has 0 aliphatic carbocycles. The van der Waals surface area contributed by atoms with Crippen LogP contribution in [0.4, 0.5) is 31.0 Å². The Morgan fingerprint density at radius 1 is 0.699 bits per heavy atom. The molecule has 4 amide bonds. The minimum Gasteiger partial charge on any atom is -0.385 e. The van der Waals surface area contributed by atoms with Crippen LogP contribution in [0.25, 0.3) is 33.3 Å². The first-order valence-electron chi connectivity index (χ1n) is 22.1. The highest BCUT2D eigenvalue weighted by molar-refractivity contribution is 7.92. The third-order valence-corrected chi connectivity index (χ3v) is 16.9. The maximum atomic E-state index is 15.1. The number of piperidine rings is 1.